The zero-order valence-corrected chi connectivity index (χ0v) is 22.3. The van der Waals surface area contributed by atoms with Gasteiger partial charge in [-0.15, -0.1) is 0 Å². The van der Waals surface area contributed by atoms with Gasteiger partial charge in [0.2, 0.25) is 0 Å². The first-order valence-corrected chi connectivity index (χ1v) is 13.9. The van der Waals surface area contributed by atoms with Gasteiger partial charge in [-0.1, -0.05) is 24.3 Å². The number of likely N-dealkylation sites (tertiary alicyclic amines) is 1. The molecule has 1 saturated heterocycles. The second kappa shape index (κ2) is 10.9. The van der Waals surface area contributed by atoms with Crippen LogP contribution < -0.4 is 15.8 Å². The first-order chi connectivity index (χ1) is 19.5. The standard InChI is InChI=1S/C31H32N6O3/c32-19-23(18-20-6-7-20)31(39)36-16-13-21(14-17-36)26-12-15-34-30-27(29(33)38)28(35-37(26)30)22-8-10-25(11-9-22)40-24-4-2-1-3-5-24/h1-5,8-11,18,20-21,26,34H,6-7,12-17H2,(H2,33,38). The molecule has 204 valence electrons. The average Bonchev–Trinajstić information content (AvgIpc) is 3.72. The molecule has 0 bridgehead atoms. The Labute approximate surface area is 233 Å². The summed E-state index contributed by atoms with van der Waals surface area (Å²) in [4.78, 5) is 27.4. The highest BCUT2D eigenvalue weighted by atomic mass is 16.5. The summed E-state index contributed by atoms with van der Waals surface area (Å²) in [5, 5.41) is 17.8. The molecule has 3 aliphatic rings. The summed E-state index contributed by atoms with van der Waals surface area (Å²) in [6.45, 7) is 1.92. The maximum Gasteiger partial charge on any atom is 0.264 e. The minimum atomic E-state index is -0.527. The van der Waals surface area contributed by atoms with Crippen molar-refractivity contribution in [3.8, 4) is 28.8 Å². The highest BCUT2D eigenvalue weighted by Gasteiger charge is 2.36. The van der Waals surface area contributed by atoms with Gasteiger partial charge < -0.3 is 20.7 Å². The minimum absolute atomic E-state index is 0.0819. The van der Waals surface area contributed by atoms with Crippen molar-refractivity contribution in [2.45, 2.75) is 38.1 Å². The largest absolute Gasteiger partial charge is 0.457 e. The van der Waals surface area contributed by atoms with Crippen molar-refractivity contribution < 1.29 is 14.3 Å². The summed E-state index contributed by atoms with van der Waals surface area (Å²) < 4.78 is 7.85. The number of primary amides is 1. The van der Waals surface area contributed by atoms with E-state index in [1.807, 2.05) is 65.4 Å². The lowest BCUT2D eigenvalue weighted by Gasteiger charge is -2.38. The van der Waals surface area contributed by atoms with E-state index in [-0.39, 0.29) is 23.4 Å². The summed E-state index contributed by atoms with van der Waals surface area (Å²) in [7, 11) is 0. The van der Waals surface area contributed by atoms with E-state index in [1.54, 1.807) is 4.90 Å². The maximum absolute atomic E-state index is 12.9. The topological polar surface area (TPSA) is 126 Å². The normalized spacial score (nSPS) is 19.3. The van der Waals surface area contributed by atoms with Crippen molar-refractivity contribution in [3.05, 3.63) is 71.8 Å². The van der Waals surface area contributed by atoms with Crippen molar-refractivity contribution in [2.75, 3.05) is 25.0 Å². The maximum atomic E-state index is 12.9. The third-order valence-corrected chi connectivity index (χ3v) is 8.06. The first-order valence-electron chi connectivity index (χ1n) is 13.9. The van der Waals surface area contributed by atoms with Gasteiger partial charge in [0.1, 0.15) is 40.2 Å². The molecule has 2 aromatic carbocycles. The molecule has 1 aromatic heterocycles. The lowest BCUT2D eigenvalue weighted by atomic mass is 9.86. The van der Waals surface area contributed by atoms with E-state index in [9.17, 15) is 14.9 Å². The number of ether oxygens (including phenoxy) is 1. The molecule has 1 unspecified atom stereocenters. The van der Waals surface area contributed by atoms with E-state index in [1.165, 1.54) is 0 Å². The number of nitrogens with two attached hydrogens (primary N) is 1. The molecule has 3 N–H and O–H groups in total. The van der Waals surface area contributed by atoms with Gasteiger partial charge in [-0.05, 0) is 80.3 Å². The van der Waals surface area contributed by atoms with Crippen LogP contribution >= 0.6 is 0 Å². The van der Waals surface area contributed by atoms with Crippen LogP contribution in [0, 0.1) is 23.2 Å². The highest BCUT2D eigenvalue weighted by molar-refractivity contribution is 6.04. The van der Waals surface area contributed by atoms with Crippen LogP contribution in [0.5, 0.6) is 11.5 Å². The van der Waals surface area contributed by atoms with E-state index in [0.717, 1.165) is 43.4 Å². The SMILES string of the molecule is N#CC(=CC1CC1)C(=O)N1CCC(C2CCNc3c(C(N)=O)c(-c4ccc(Oc5ccccc5)cc4)nn32)CC1. The van der Waals surface area contributed by atoms with Crippen molar-refractivity contribution in [1.82, 2.24) is 14.7 Å². The number of benzene rings is 2. The predicted molar refractivity (Wildman–Crippen MR) is 151 cm³/mol. The van der Waals surface area contributed by atoms with Crippen LogP contribution in [0.25, 0.3) is 11.3 Å². The number of nitrogens with one attached hydrogen (secondary N) is 1. The number of aromatic nitrogens is 2. The van der Waals surface area contributed by atoms with Gasteiger partial charge in [-0.2, -0.15) is 10.4 Å². The molecule has 1 aliphatic carbocycles. The Bertz CT molecular complexity index is 1480. The van der Waals surface area contributed by atoms with E-state index in [2.05, 4.69) is 11.4 Å². The van der Waals surface area contributed by atoms with E-state index >= 15 is 0 Å². The number of hydrogen-bond acceptors (Lipinski definition) is 6. The van der Waals surface area contributed by atoms with Gasteiger partial charge in [0.15, 0.2) is 0 Å². The molecular formula is C31H32N6O3. The Morgan fingerprint density at radius 2 is 1.70 bits per heavy atom. The quantitative estimate of drug-likeness (QED) is 0.327. The van der Waals surface area contributed by atoms with E-state index in [4.69, 9.17) is 15.6 Å². The number of nitrogens with zero attached hydrogens (tertiary/aromatic N) is 4. The molecule has 2 amide bonds. The van der Waals surface area contributed by atoms with Crippen LogP contribution in [0.1, 0.15) is 48.5 Å². The lowest BCUT2D eigenvalue weighted by molar-refractivity contribution is -0.128. The smallest absolute Gasteiger partial charge is 0.264 e. The summed E-state index contributed by atoms with van der Waals surface area (Å²) in [5.41, 5.74) is 7.86. The molecule has 40 heavy (non-hydrogen) atoms. The lowest BCUT2D eigenvalue weighted by Crippen LogP contribution is -2.42. The molecule has 3 aromatic rings. The van der Waals surface area contributed by atoms with Crippen LogP contribution in [0.3, 0.4) is 0 Å². The van der Waals surface area contributed by atoms with Crippen LogP contribution in [0.2, 0.25) is 0 Å². The molecule has 1 saturated carbocycles. The number of carbonyl (C=O) groups is 2. The summed E-state index contributed by atoms with van der Waals surface area (Å²) >= 11 is 0. The highest BCUT2D eigenvalue weighted by Crippen LogP contribution is 2.40. The minimum Gasteiger partial charge on any atom is -0.457 e. The fourth-order valence-corrected chi connectivity index (χ4v) is 5.79. The molecule has 0 spiro atoms. The fourth-order valence-electron chi connectivity index (χ4n) is 5.79. The molecule has 3 heterocycles. The molecule has 6 rings (SSSR count). The van der Waals surface area contributed by atoms with Crippen molar-refractivity contribution >= 4 is 17.6 Å². The van der Waals surface area contributed by atoms with Gasteiger partial charge in [0.25, 0.3) is 11.8 Å². The fraction of sp³-hybridized carbons (Fsp3) is 0.355. The van der Waals surface area contributed by atoms with Gasteiger partial charge in [-0.3, -0.25) is 9.59 Å². The number of piperidine rings is 1. The van der Waals surface area contributed by atoms with Crippen LogP contribution in [-0.4, -0.2) is 46.1 Å². The Morgan fingerprint density at radius 1 is 1.00 bits per heavy atom. The predicted octanol–water partition coefficient (Wildman–Crippen LogP) is 4.90. The van der Waals surface area contributed by atoms with Gasteiger partial charge >= 0.3 is 0 Å². The number of anilines is 1. The van der Waals surface area contributed by atoms with Crippen molar-refractivity contribution in [2.24, 2.45) is 17.6 Å². The monoisotopic (exact) mass is 536 g/mol. The molecule has 9 nitrogen and oxygen atoms in total. The number of nitriles is 1. The van der Waals surface area contributed by atoms with Gasteiger partial charge in [-0.25, -0.2) is 4.68 Å². The molecule has 0 radical (unpaired) electrons. The van der Waals surface area contributed by atoms with Crippen molar-refractivity contribution in [1.29, 1.82) is 5.26 Å². The summed E-state index contributed by atoms with van der Waals surface area (Å²) in [5.74, 6) is 2.07. The molecule has 1 atom stereocenters. The average molecular weight is 537 g/mol. The molecule has 9 heteroatoms. The summed E-state index contributed by atoms with van der Waals surface area (Å²) in [6.07, 6.45) is 6.44. The number of para-hydroxylation sites is 1. The number of fused-ring (bicyclic) bond motifs is 1. The Hall–Kier alpha value is -4.58. The third kappa shape index (κ3) is 5.17. The van der Waals surface area contributed by atoms with Crippen LogP contribution in [0.15, 0.2) is 66.2 Å². The molecule has 2 aliphatic heterocycles. The molecule has 2 fully saturated rings. The second-order valence-corrected chi connectivity index (χ2v) is 10.8. The van der Waals surface area contributed by atoms with E-state index < -0.39 is 5.91 Å². The Morgan fingerprint density at radius 3 is 2.35 bits per heavy atom. The number of allylic oxidation sites excluding steroid dienone is 1. The summed E-state index contributed by atoms with van der Waals surface area (Å²) in [6, 6.07) is 19.2. The second-order valence-electron chi connectivity index (χ2n) is 10.8. The molecular weight excluding hydrogens is 504 g/mol. The van der Waals surface area contributed by atoms with Gasteiger partial charge in [0, 0.05) is 25.2 Å². The van der Waals surface area contributed by atoms with Gasteiger partial charge in [0.05, 0.1) is 6.04 Å². The number of rotatable bonds is 7. The zero-order valence-electron chi connectivity index (χ0n) is 22.3. The number of carbonyl (C=O) groups excluding carboxylic acids is 2. The zero-order chi connectivity index (χ0) is 27.6. The Kier molecular flexibility index (Phi) is 6.99. The van der Waals surface area contributed by atoms with Crippen LogP contribution in [0.4, 0.5) is 5.82 Å². The number of amides is 2. The van der Waals surface area contributed by atoms with Crippen molar-refractivity contribution in [3.63, 3.8) is 0 Å². The third-order valence-electron chi connectivity index (χ3n) is 8.06. The van der Waals surface area contributed by atoms with E-state index in [0.29, 0.717) is 48.4 Å². The first kappa shape index (κ1) is 25.7. The number of hydrogen-bond donors (Lipinski definition) is 2. The Balaban J connectivity index is 1.20. The van der Waals surface area contributed by atoms with Crippen LogP contribution in [-0.2, 0) is 4.79 Å².